The van der Waals surface area contributed by atoms with Crippen LogP contribution in [0.2, 0.25) is 5.02 Å². The van der Waals surface area contributed by atoms with Crippen molar-refractivity contribution < 1.29 is 13.2 Å². The van der Waals surface area contributed by atoms with Crippen molar-refractivity contribution in [2.24, 2.45) is 0 Å². The molecule has 0 saturated carbocycles. The molecule has 0 radical (unpaired) electrons. The fourth-order valence-corrected chi connectivity index (χ4v) is 4.00. The van der Waals surface area contributed by atoms with Crippen LogP contribution in [0.25, 0.3) is 10.9 Å². The van der Waals surface area contributed by atoms with Gasteiger partial charge in [0.05, 0.1) is 16.2 Å². The highest BCUT2D eigenvalue weighted by molar-refractivity contribution is 8.00. The summed E-state index contributed by atoms with van der Waals surface area (Å²) >= 11 is 7.02. The summed E-state index contributed by atoms with van der Waals surface area (Å²) in [5, 5.41) is 1.40. The van der Waals surface area contributed by atoms with Crippen molar-refractivity contribution in [3.05, 3.63) is 65.8 Å². The molecule has 2 aromatic carbocycles. The van der Waals surface area contributed by atoms with Gasteiger partial charge in [0.15, 0.2) is 0 Å². The molecular formula is C17H14ClN3O3S2. The molecule has 0 unspecified atom stereocenters. The molecule has 0 spiro atoms. The van der Waals surface area contributed by atoms with Crippen molar-refractivity contribution in [1.29, 1.82) is 0 Å². The van der Waals surface area contributed by atoms with Gasteiger partial charge in [0.1, 0.15) is 0 Å². The van der Waals surface area contributed by atoms with Gasteiger partial charge in [-0.1, -0.05) is 29.8 Å². The quantitative estimate of drug-likeness (QED) is 0.484. The fraction of sp³-hybridized carbons (Fsp3) is 0.0588. The predicted octanol–water partition coefficient (Wildman–Crippen LogP) is 2.99. The Kier molecular flexibility index (Phi) is 5.77. The first-order valence-electron chi connectivity index (χ1n) is 7.48. The Hall–Kier alpha value is -2.13. The number of rotatable bonds is 6. The number of hydrogen-bond donors (Lipinski definition) is 2. The summed E-state index contributed by atoms with van der Waals surface area (Å²) in [5.74, 6) is -0.431. The average molecular weight is 408 g/mol. The maximum atomic E-state index is 12.1. The van der Waals surface area contributed by atoms with Gasteiger partial charge in [-0.05, 0) is 36.4 Å². The third kappa shape index (κ3) is 4.53. The molecule has 0 saturated heterocycles. The molecule has 0 atom stereocenters. The second-order valence-corrected chi connectivity index (χ2v) is 8.36. The molecule has 0 aliphatic carbocycles. The van der Waals surface area contributed by atoms with Gasteiger partial charge in [-0.15, -0.1) is 16.6 Å². The maximum Gasteiger partial charge on any atom is 0.257 e. The highest BCUT2D eigenvalue weighted by Gasteiger charge is 2.15. The van der Waals surface area contributed by atoms with Crippen LogP contribution in [0.15, 0.2) is 70.6 Å². The molecule has 3 rings (SSSR count). The molecule has 3 aromatic rings. The molecular weight excluding hydrogens is 394 g/mol. The number of benzene rings is 2. The number of fused-ring (bicyclic) bond motifs is 1. The zero-order valence-corrected chi connectivity index (χ0v) is 15.7. The van der Waals surface area contributed by atoms with Crippen LogP contribution in [0.4, 0.5) is 0 Å². The van der Waals surface area contributed by atoms with Crippen LogP contribution in [0, 0.1) is 0 Å². The van der Waals surface area contributed by atoms with Gasteiger partial charge < -0.3 is 0 Å². The Morgan fingerprint density at radius 1 is 1.08 bits per heavy atom. The van der Waals surface area contributed by atoms with Gasteiger partial charge >= 0.3 is 0 Å². The van der Waals surface area contributed by atoms with E-state index in [1.807, 2.05) is 30.3 Å². The van der Waals surface area contributed by atoms with Crippen LogP contribution < -0.4 is 10.3 Å². The number of hydrogen-bond acceptors (Lipinski definition) is 5. The van der Waals surface area contributed by atoms with E-state index >= 15 is 0 Å². The largest absolute Gasteiger partial charge is 0.277 e. The Balaban J connectivity index is 1.60. The van der Waals surface area contributed by atoms with E-state index < -0.39 is 15.9 Å². The van der Waals surface area contributed by atoms with E-state index in [4.69, 9.17) is 11.6 Å². The van der Waals surface area contributed by atoms with Gasteiger partial charge in [0.25, 0.3) is 10.0 Å². The monoisotopic (exact) mass is 407 g/mol. The Morgan fingerprint density at radius 3 is 2.58 bits per heavy atom. The minimum absolute atomic E-state index is 0.00751. The number of hydrazine groups is 1. The van der Waals surface area contributed by atoms with E-state index in [-0.39, 0.29) is 10.6 Å². The number of aromatic nitrogens is 1. The van der Waals surface area contributed by atoms with Crippen molar-refractivity contribution in [3.8, 4) is 0 Å². The average Bonchev–Trinajstić information content (AvgIpc) is 2.65. The van der Waals surface area contributed by atoms with Crippen molar-refractivity contribution >= 4 is 50.2 Å². The summed E-state index contributed by atoms with van der Waals surface area (Å²) in [6.45, 7) is 0. The number of nitrogens with zero attached hydrogens (tertiary/aromatic N) is 1. The molecule has 9 heteroatoms. The standard InChI is InChI=1S/C17H14ClN3O3S2/c18-13-6-8-14(9-7-13)26(23,24)21-20-16(22)11-25-15-5-1-3-12-4-2-10-19-17(12)15/h1-10,21H,11H2,(H,20,22). The van der Waals surface area contributed by atoms with Gasteiger partial charge in [0.2, 0.25) is 5.91 Å². The van der Waals surface area contributed by atoms with Crippen molar-refractivity contribution in [2.75, 3.05) is 5.75 Å². The molecule has 0 aliphatic heterocycles. The first-order valence-corrected chi connectivity index (χ1v) is 10.3. The third-order valence-electron chi connectivity index (χ3n) is 3.40. The van der Waals surface area contributed by atoms with Crippen LogP contribution in [0.3, 0.4) is 0 Å². The van der Waals surface area contributed by atoms with Gasteiger partial charge in [-0.25, -0.2) is 8.42 Å². The number of carbonyl (C=O) groups excluding carboxylic acids is 1. The minimum Gasteiger partial charge on any atom is -0.277 e. The van der Waals surface area contributed by atoms with E-state index in [0.717, 1.165) is 15.8 Å². The van der Waals surface area contributed by atoms with Crippen molar-refractivity contribution in [3.63, 3.8) is 0 Å². The number of halogens is 1. The second kappa shape index (κ2) is 8.05. The number of carbonyl (C=O) groups is 1. The summed E-state index contributed by atoms with van der Waals surface area (Å²) in [6.07, 6.45) is 1.69. The summed E-state index contributed by atoms with van der Waals surface area (Å²) in [7, 11) is -3.85. The van der Waals surface area contributed by atoms with Crippen molar-refractivity contribution in [2.45, 2.75) is 9.79 Å². The lowest BCUT2D eigenvalue weighted by Gasteiger charge is -2.09. The zero-order chi connectivity index (χ0) is 18.6. The smallest absolute Gasteiger partial charge is 0.257 e. The molecule has 1 amide bonds. The number of para-hydroxylation sites is 1. The lowest BCUT2D eigenvalue weighted by molar-refractivity contribution is -0.119. The van der Waals surface area contributed by atoms with Gasteiger partial charge in [-0.2, -0.15) is 0 Å². The molecule has 26 heavy (non-hydrogen) atoms. The number of nitrogens with one attached hydrogen (secondary N) is 2. The Bertz CT molecular complexity index is 1040. The Morgan fingerprint density at radius 2 is 1.81 bits per heavy atom. The van der Waals surface area contributed by atoms with Crippen LogP contribution >= 0.6 is 23.4 Å². The maximum absolute atomic E-state index is 12.1. The van der Waals surface area contributed by atoms with E-state index in [1.165, 1.54) is 36.0 Å². The summed E-state index contributed by atoms with van der Waals surface area (Å²) in [6, 6.07) is 15.1. The minimum atomic E-state index is -3.85. The first-order chi connectivity index (χ1) is 12.5. The molecule has 0 aliphatic rings. The summed E-state index contributed by atoms with van der Waals surface area (Å²) in [4.78, 5) is 19.2. The third-order valence-corrected chi connectivity index (χ3v) is 5.97. The number of pyridine rings is 1. The molecule has 1 heterocycles. The van der Waals surface area contributed by atoms with E-state index in [2.05, 4.69) is 15.2 Å². The number of sulfonamides is 1. The second-order valence-electron chi connectivity index (χ2n) is 5.23. The molecule has 0 bridgehead atoms. The SMILES string of the molecule is O=C(CSc1cccc2cccnc12)NNS(=O)(=O)c1ccc(Cl)cc1. The van der Waals surface area contributed by atoms with Crippen LogP contribution in [-0.2, 0) is 14.8 Å². The van der Waals surface area contributed by atoms with Crippen LogP contribution in [0.5, 0.6) is 0 Å². The predicted molar refractivity (Wildman–Crippen MR) is 102 cm³/mol. The van der Waals surface area contributed by atoms with Crippen LogP contribution in [-0.4, -0.2) is 25.1 Å². The molecule has 134 valence electrons. The molecule has 0 fully saturated rings. The molecule has 2 N–H and O–H groups in total. The van der Waals surface area contributed by atoms with E-state index in [1.54, 1.807) is 6.20 Å². The highest BCUT2D eigenvalue weighted by Crippen LogP contribution is 2.25. The topological polar surface area (TPSA) is 88.2 Å². The number of amides is 1. The molecule has 1 aromatic heterocycles. The fourth-order valence-electron chi connectivity index (χ4n) is 2.17. The van der Waals surface area contributed by atoms with Crippen LogP contribution in [0.1, 0.15) is 0 Å². The normalized spacial score (nSPS) is 11.4. The summed E-state index contributed by atoms with van der Waals surface area (Å²) < 4.78 is 24.2. The van der Waals surface area contributed by atoms with Crippen molar-refractivity contribution in [1.82, 2.24) is 15.2 Å². The van der Waals surface area contributed by atoms with E-state index in [9.17, 15) is 13.2 Å². The first kappa shape index (κ1) is 18.7. The van der Waals surface area contributed by atoms with Gasteiger partial charge in [0, 0.05) is 21.5 Å². The Labute approximate surface area is 160 Å². The summed E-state index contributed by atoms with van der Waals surface area (Å²) in [5.41, 5.74) is 3.00. The number of thioether (sulfide) groups is 1. The lowest BCUT2D eigenvalue weighted by atomic mass is 10.2. The highest BCUT2D eigenvalue weighted by atomic mass is 35.5. The molecule has 6 nitrogen and oxygen atoms in total. The van der Waals surface area contributed by atoms with E-state index in [0.29, 0.717) is 5.02 Å². The van der Waals surface area contributed by atoms with Gasteiger partial charge in [-0.3, -0.25) is 15.2 Å². The zero-order valence-electron chi connectivity index (χ0n) is 13.3. The lowest BCUT2D eigenvalue weighted by Crippen LogP contribution is -2.42.